The number of esters is 3. The van der Waals surface area contributed by atoms with Crippen molar-refractivity contribution in [3.05, 3.63) is 114 Å². The van der Waals surface area contributed by atoms with Crippen LogP contribution in [0.5, 0.6) is 0 Å². The van der Waals surface area contributed by atoms with Gasteiger partial charge in [0.05, 0.1) is 60.7 Å². The molecule has 2 amide bonds. The Hall–Kier alpha value is -6.73. The molecule has 2 aliphatic carbocycles. The van der Waals surface area contributed by atoms with Gasteiger partial charge in [-0.15, -0.1) is 0 Å². The average molecular weight is 1200 g/mol. The van der Waals surface area contributed by atoms with Crippen LogP contribution in [0.25, 0.3) is 41.8 Å². The molecule has 2 saturated heterocycles. The summed E-state index contributed by atoms with van der Waals surface area (Å²) in [5, 5.41) is 66.4. The molecule has 4 aliphatic rings. The molecule has 2 aliphatic heterocycles. The van der Waals surface area contributed by atoms with E-state index in [1.54, 1.807) is 13.8 Å². The summed E-state index contributed by atoms with van der Waals surface area (Å²) in [4.78, 5) is 71.7. The van der Waals surface area contributed by atoms with E-state index >= 15 is 0 Å². The van der Waals surface area contributed by atoms with Crippen molar-refractivity contribution < 1.29 is 122 Å². The number of carbonyl (C=O) groups excluding carboxylic acids is 5. The normalized spacial score (nSPS) is 29.0. The maximum Gasteiger partial charge on any atom is 1.00 e. The van der Waals surface area contributed by atoms with E-state index < -0.39 is 140 Å². The summed E-state index contributed by atoms with van der Waals surface area (Å²) in [5.41, 5.74) is 37.6. The Morgan fingerprint density at radius 1 is 0.571 bits per heavy atom. The van der Waals surface area contributed by atoms with Gasteiger partial charge in [0, 0.05) is 47.5 Å². The van der Waals surface area contributed by atoms with E-state index in [1.165, 1.54) is 6.92 Å². The molecular weight excluding hydrogens is 1120 g/mol. The molecule has 33 nitrogen and oxygen atoms in total. The fourth-order valence-electron chi connectivity index (χ4n) is 9.33. The van der Waals surface area contributed by atoms with Crippen molar-refractivity contribution >= 4 is 30.1 Å². The van der Waals surface area contributed by atoms with Crippen LogP contribution in [-0.2, 0) is 70.2 Å². The van der Waals surface area contributed by atoms with Crippen molar-refractivity contribution in [2.75, 3.05) is 14.2 Å². The second-order valence-corrected chi connectivity index (χ2v) is 18.8. The molecule has 6 rings (SSSR count). The Bertz CT molecular complexity index is 2570. The number of rotatable bonds is 19. The molecule has 34 heteroatoms. The molecule has 6 N–H and O–H groups in total. The SMILES string of the molecule is CC(=O)O[C@@H]1[C@@H](OC(C)=O)[C@H](N=[N+]=[N-])C[C@H](N=[N+]=[N-])[C@H]1O[C@H]1O[C@H]([C@@H](C)NC(=O)OCc2ccccc2)CC[C@@H]1OC(C)=O.CO.C[C@@H](NC(=O)OCc1ccccc1)[C@@H]1CC[C@H](O)[C@@H](O[C@H]2[C@H](O)[C@@H](O)[C@H](N=[N+]=[N-])C[C@@H]2N=[N+]=[N-])O1.C[O-].[Na+]. The predicted molar refractivity (Wildman–Crippen MR) is 284 cm³/mol. The topological polar surface area (TPSA) is 492 Å². The van der Waals surface area contributed by atoms with Crippen molar-refractivity contribution in [2.45, 2.75) is 196 Å². The molecule has 2 heterocycles. The van der Waals surface area contributed by atoms with Gasteiger partial charge in [-0.3, -0.25) is 14.4 Å². The Balaban J connectivity index is 0.000000547. The zero-order chi connectivity index (χ0) is 61.6. The van der Waals surface area contributed by atoms with Gasteiger partial charge in [-0.25, -0.2) is 9.59 Å². The minimum atomic E-state index is -1.56. The van der Waals surface area contributed by atoms with Gasteiger partial charge in [0.2, 0.25) is 0 Å². The molecule has 2 aromatic rings. The van der Waals surface area contributed by atoms with Crippen molar-refractivity contribution in [1.82, 2.24) is 10.6 Å². The predicted octanol–water partition coefficient (Wildman–Crippen LogP) is 1.37. The largest absolute Gasteiger partial charge is 1.00 e. The van der Waals surface area contributed by atoms with Crippen molar-refractivity contribution in [3.8, 4) is 0 Å². The summed E-state index contributed by atoms with van der Waals surface area (Å²) in [6, 6.07) is 13.1. The van der Waals surface area contributed by atoms with E-state index in [0.717, 1.165) is 39.2 Å². The van der Waals surface area contributed by atoms with Crippen LogP contribution in [0.15, 0.2) is 81.1 Å². The van der Waals surface area contributed by atoms with Gasteiger partial charge in [-0.1, -0.05) is 81.1 Å². The van der Waals surface area contributed by atoms with Crippen molar-refractivity contribution in [3.63, 3.8) is 0 Å². The number of hydrogen-bond acceptors (Lipinski definition) is 23. The van der Waals surface area contributed by atoms with E-state index in [4.69, 9.17) is 69.4 Å². The smallest absolute Gasteiger partial charge is 0.857 e. The molecule has 0 radical (unpaired) electrons. The number of nitrogens with one attached hydrogen (secondary N) is 2. The number of alkyl carbamates (subject to hydrolysis) is 2. The van der Waals surface area contributed by atoms with Crippen LogP contribution in [0.4, 0.5) is 9.59 Å². The Labute approximate surface area is 504 Å². The maximum atomic E-state index is 12.5. The number of hydrogen-bond donors (Lipinski definition) is 6. The third-order valence-corrected chi connectivity index (χ3v) is 13.1. The molecule has 0 spiro atoms. The van der Waals surface area contributed by atoms with Gasteiger partial charge in [0.15, 0.2) is 24.8 Å². The number of nitrogens with zero attached hydrogens (tertiary/aromatic N) is 12. The van der Waals surface area contributed by atoms with Gasteiger partial charge < -0.3 is 78.8 Å². The van der Waals surface area contributed by atoms with Crippen molar-refractivity contribution in [2.24, 2.45) is 20.5 Å². The number of azide groups is 4. The molecule has 0 unspecified atom stereocenters. The standard InChI is InChI=1S/C27H35N7O10.C21H29N7O7.CH4O.CH3O.Na/c1-14(30-27(38)39-13-18-8-6-5-7-9-18)21-10-11-22(40-15(2)35)26(43-21)44-24-20(32-34-29)12-19(31-33-28)23(41-16(3)36)25(24)42-17(4)37;1-11(24-21(32)33-10-12-5-3-2-4-6-12)16-8-7-15(29)20(34-16)35-19-14(26-28-23)9-13(25-27-22)17(30)18(19)31;2*1-2;/h5-9,14,19-26H,10-13H2,1-4H3,(H,30,38);2-6,11,13-20,29-31H,7-10H2,1H3,(H,24,32);2H,1H3;1H3;/q;;;-1;+1/t14-,19-,20+,21+,22+,23+,24-,25-,26-;11-,13-,14+,15+,16+,17+,18-,19-,20-;;;/m11.../s1. The van der Waals surface area contributed by atoms with Gasteiger partial charge >= 0.3 is 59.7 Å². The van der Waals surface area contributed by atoms with Crippen LogP contribution in [0.2, 0.25) is 0 Å². The molecule has 0 bridgehead atoms. The van der Waals surface area contributed by atoms with Crippen LogP contribution in [0.1, 0.15) is 84.3 Å². The van der Waals surface area contributed by atoms with Crippen LogP contribution in [-0.4, -0.2) is 175 Å². The minimum absolute atomic E-state index is 0. The van der Waals surface area contributed by atoms with E-state index in [1.807, 2.05) is 60.7 Å². The zero-order valence-electron chi connectivity index (χ0n) is 47.6. The maximum absolute atomic E-state index is 12.5. The monoisotopic (exact) mass is 1190 g/mol. The second-order valence-electron chi connectivity index (χ2n) is 18.8. The van der Waals surface area contributed by atoms with E-state index in [9.17, 15) is 44.8 Å². The fourth-order valence-corrected chi connectivity index (χ4v) is 9.33. The second kappa shape index (κ2) is 39.0. The summed E-state index contributed by atoms with van der Waals surface area (Å²) in [5.74, 6) is -2.15. The molecule has 0 aromatic heterocycles. The first-order chi connectivity index (χ1) is 39.8. The minimum Gasteiger partial charge on any atom is -0.857 e. The van der Waals surface area contributed by atoms with Crippen LogP contribution < -0.4 is 45.3 Å². The summed E-state index contributed by atoms with van der Waals surface area (Å²) in [7, 11) is 1.75. The van der Waals surface area contributed by atoms with Gasteiger partial charge in [0.25, 0.3) is 0 Å². The molecule has 4 fully saturated rings. The van der Waals surface area contributed by atoms with E-state index in [-0.39, 0.29) is 68.5 Å². The van der Waals surface area contributed by atoms with Crippen molar-refractivity contribution in [1.29, 1.82) is 0 Å². The Morgan fingerprint density at radius 2 is 0.964 bits per heavy atom. The summed E-state index contributed by atoms with van der Waals surface area (Å²) in [6.45, 7) is 7.03. The third kappa shape index (κ3) is 23.4. The quantitative estimate of drug-likeness (QED) is 0.0289. The summed E-state index contributed by atoms with van der Waals surface area (Å²) in [6.07, 6.45) is -14.1. The van der Waals surface area contributed by atoms with Gasteiger partial charge in [-0.05, 0) is 85.6 Å². The first-order valence-corrected chi connectivity index (χ1v) is 26.0. The molecule has 84 heavy (non-hydrogen) atoms. The number of aliphatic hydroxyl groups is 4. The number of carbonyl (C=O) groups is 5. The molecular formula is C50H71N14NaO19. The Kier molecular flexibility index (Phi) is 34.1. The summed E-state index contributed by atoms with van der Waals surface area (Å²) >= 11 is 0. The Morgan fingerprint density at radius 3 is 1.43 bits per heavy atom. The first kappa shape index (κ1) is 73.4. The number of aliphatic hydroxyl groups excluding tert-OH is 4. The number of amides is 2. The van der Waals surface area contributed by atoms with E-state index in [2.05, 4.69) is 50.7 Å². The van der Waals surface area contributed by atoms with E-state index in [0.29, 0.717) is 12.8 Å². The van der Waals surface area contributed by atoms with Crippen LogP contribution in [0.3, 0.4) is 0 Å². The molecule has 18 atom stereocenters. The third-order valence-electron chi connectivity index (χ3n) is 13.1. The van der Waals surface area contributed by atoms with Crippen LogP contribution >= 0.6 is 0 Å². The summed E-state index contributed by atoms with van der Waals surface area (Å²) < 4.78 is 50.9. The zero-order valence-corrected chi connectivity index (χ0v) is 49.6. The average Bonchev–Trinajstić information content (AvgIpc) is 1.58. The van der Waals surface area contributed by atoms with Crippen LogP contribution in [0, 0.1) is 0 Å². The molecule has 456 valence electrons. The van der Waals surface area contributed by atoms with Gasteiger partial charge in [-0.2, -0.15) is 7.11 Å². The molecule has 2 aromatic carbocycles. The van der Waals surface area contributed by atoms with Gasteiger partial charge in [0.1, 0.15) is 37.6 Å². The number of ether oxygens (including phenoxy) is 9. The first-order valence-electron chi connectivity index (χ1n) is 26.0. The number of benzene rings is 2. The molecule has 2 saturated carbocycles. The fraction of sp³-hybridized carbons (Fsp3) is 0.660.